The Labute approximate surface area is 143 Å². The largest absolute Gasteiger partial charge is 0.573 e. The Hall–Kier alpha value is -3.88. The normalized spacial score (nSPS) is 10.5. The molecule has 1 heterocycles. The van der Waals surface area contributed by atoms with E-state index in [1.165, 1.54) is 0 Å². The van der Waals surface area contributed by atoms with Crippen LogP contribution in [0.4, 0.5) is 29.5 Å². The van der Waals surface area contributed by atoms with Gasteiger partial charge >= 0.3 is 18.4 Å². The van der Waals surface area contributed by atoms with Crippen molar-refractivity contribution < 1.29 is 32.6 Å². The molecule has 0 saturated carbocycles. The molecule has 0 spiro atoms. The van der Waals surface area contributed by atoms with Crippen LogP contribution in [0.15, 0.2) is 30.6 Å². The van der Waals surface area contributed by atoms with Gasteiger partial charge in [0, 0.05) is 0 Å². The van der Waals surface area contributed by atoms with E-state index < -0.39 is 35.4 Å². The van der Waals surface area contributed by atoms with Gasteiger partial charge in [-0.15, -0.1) is 13.2 Å². The Morgan fingerprint density at radius 1 is 1.19 bits per heavy atom. The zero-order valence-electron chi connectivity index (χ0n) is 12.5. The fourth-order valence-electron chi connectivity index (χ4n) is 1.69. The minimum atomic E-state index is -5.09. The Kier molecular flexibility index (Phi) is 5.21. The molecule has 0 atom stereocenters. The second kappa shape index (κ2) is 7.34. The highest BCUT2D eigenvalue weighted by atomic mass is 19.4. The third-order valence-corrected chi connectivity index (χ3v) is 2.71. The number of urea groups is 1. The number of carbonyl (C=O) groups excluding carboxylic acids is 1. The standard InChI is InChI=1S/C14H8F3N5O4/c15-14(16,17)26-10-3-7(12(23)24)1-2-9(10)21-13(25)22-11-6-19-8(4-18)5-20-11/h1-3,5-6H,(H,23,24)(H2,20,21,22,25). The van der Waals surface area contributed by atoms with Crippen molar-refractivity contribution in [3.8, 4) is 11.8 Å². The molecule has 12 heteroatoms. The van der Waals surface area contributed by atoms with Crippen molar-refractivity contribution in [3.05, 3.63) is 41.9 Å². The number of carbonyl (C=O) groups is 2. The van der Waals surface area contributed by atoms with E-state index in [1.807, 2.05) is 0 Å². The van der Waals surface area contributed by atoms with Crippen LogP contribution in [0.1, 0.15) is 16.1 Å². The van der Waals surface area contributed by atoms with Crippen molar-refractivity contribution >= 4 is 23.5 Å². The highest BCUT2D eigenvalue weighted by molar-refractivity contribution is 6.00. The van der Waals surface area contributed by atoms with Gasteiger partial charge in [0.2, 0.25) is 0 Å². The van der Waals surface area contributed by atoms with Gasteiger partial charge in [0.1, 0.15) is 6.07 Å². The zero-order valence-corrected chi connectivity index (χ0v) is 12.5. The molecule has 0 radical (unpaired) electrons. The van der Waals surface area contributed by atoms with Gasteiger partial charge in [-0.3, -0.25) is 5.32 Å². The fourth-order valence-corrected chi connectivity index (χ4v) is 1.69. The van der Waals surface area contributed by atoms with Crippen molar-refractivity contribution in [3.63, 3.8) is 0 Å². The van der Waals surface area contributed by atoms with Gasteiger partial charge in [-0.2, -0.15) is 5.26 Å². The van der Waals surface area contributed by atoms with Crippen molar-refractivity contribution in [2.24, 2.45) is 0 Å². The van der Waals surface area contributed by atoms with Gasteiger partial charge in [0.15, 0.2) is 17.3 Å². The summed E-state index contributed by atoms with van der Waals surface area (Å²) in [4.78, 5) is 30.1. The average Bonchev–Trinajstić information content (AvgIpc) is 2.55. The maximum absolute atomic E-state index is 12.5. The van der Waals surface area contributed by atoms with Gasteiger partial charge in [-0.05, 0) is 18.2 Å². The SMILES string of the molecule is N#Cc1cnc(NC(=O)Nc2ccc(C(=O)O)cc2OC(F)(F)F)cn1. The van der Waals surface area contributed by atoms with Crippen LogP contribution < -0.4 is 15.4 Å². The number of ether oxygens (including phenoxy) is 1. The number of alkyl halides is 3. The lowest BCUT2D eigenvalue weighted by atomic mass is 10.2. The van der Waals surface area contributed by atoms with E-state index in [2.05, 4.69) is 25.3 Å². The smallest absolute Gasteiger partial charge is 0.478 e. The number of benzene rings is 1. The number of hydrogen-bond acceptors (Lipinski definition) is 6. The molecule has 0 fully saturated rings. The van der Waals surface area contributed by atoms with E-state index in [4.69, 9.17) is 10.4 Å². The average molecular weight is 367 g/mol. The van der Waals surface area contributed by atoms with Gasteiger partial charge in [-0.1, -0.05) is 0 Å². The summed E-state index contributed by atoms with van der Waals surface area (Å²) in [7, 11) is 0. The maximum Gasteiger partial charge on any atom is 0.573 e. The molecule has 2 rings (SSSR count). The fraction of sp³-hybridized carbons (Fsp3) is 0.0714. The van der Waals surface area contributed by atoms with Crippen molar-refractivity contribution in [2.75, 3.05) is 10.6 Å². The molecule has 0 unspecified atom stereocenters. The molecular formula is C14H8F3N5O4. The molecular weight excluding hydrogens is 359 g/mol. The van der Waals surface area contributed by atoms with Crippen LogP contribution in [0.25, 0.3) is 0 Å². The van der Waals surface area contributed by atoms with Crippen LogP contribution >= 0.6 is 0 Å². The Morgan fingerprint density at radius 3 is 2.46 bits per heavy atom. The number of aromatic carboxylic acids is 1. The van der Waals surface area contributed by atoms with Crippen LogP contribution in [0.3, 0.4) is 0 Å². The Morgan fingerprint density at radius 2 is 1.92 bits per heavy atom. The van der Waals surface area contributed by atoms with Crippen LogP contribution in [0, 0.1) is 11.3 Å². The highest BCUT2D eigenvalue weighted by Gasteiger charge is 2.32. The van der Waals surface area contributed by atoms with Crippen molar-refractivity contribution in [2.45, 2.75) is 6.36 Å². The summed E-state index contributed by atoms with van der Waals surface area (Å²) in [5, 5.41) is 21.7. The first-order valence-electron chi connectivity index (χ1n) is 6.61. The summed E-state index contributed by atoms with van der Waals surface area (Å²) < 4.78 is 41.1. The highest BCUT2D eigenvalue weighted by Crippen LogP contribution is 2.31. The molecule has 0 bridgehead atoms. The molecule has 26 heavy (non-hydrogen) atoms. The summed E-state index contributed by atoms with van der Waals surface area (Å²) in [6, 6.07) is 3.28. The first-order valence-corrected chi connectivity index (χ1v) is 6.61. The second-order valence-corrected chi connectivity index (χ2v) is 4.54. The van der Waals surface area contributed by atoms with Gasteiger partial charge in [0.05, 0.1) is 23.6 Å². The summed E-state index contributed by atoms with van der Waals surface area (Å²) in [6.07, 6.45) is -2.95. The number of amides is 2. The van der Waals surface area contributed by atoms with Gasteiger partial charge in [0.25, 0.3) is 0 Å². The summed E-state index contributed by atoms with van der Waals surface area (Å²) in [5.41, 5.74) is -0.888. The summed E-state index contributed by atoms with van der Waals surface area (Å²) in [5.74, 6) is -2.44. The van der Waals surface area contributed by atoms with Gasteiger partial charge < -0.3 is 15.2 Å². The topological polar surface area (TPSA) is 137 Å². The monoisotopic (exact) mass is 367 g/mol. The number of halogens is 3. The summed E-state index contributed by atoms with van der Waals surface area (Å²) >= 11 is 0. The van der Waals surface area contributed by atoms with Gasteiger partial charge in [-0.25, -0.2) is 19.6 Å². The Balaban J connectivity index is 2.19. The lowest BCUT2D eigenvalue weighted by molar-refractivity contribution is -0.274. The van der Waals surface area contributed by atoms with E-state index in [0.29, 0.717) is 6.07 Å². The number of aromatic nitrogens is 2. The number of nitrogens with one attached hydrogen (secondary N) is 2. The molecule has 3 N–H and O–H groups in total. The molecule has 0 aliphatic rings. The lowest BCUT2D eigenvalue weighted by Crippen LogP contribution is -2.23. The van der Waals surface area contributed by atoms with E-state index in [-0.39, 0.29) is 11.5 Å². The van der Waals surface area contributed by atoms with Crippen LogP contribution in [0.2, 0.25) is 0 Å². The number of nitrogens with zero attached hydrogens (tertiary/aromatic N) is 3. The predicted octanol–water partition coefficient (Wildman–Crippen LogP) is 2.59. The first kappa shape index (κ1) is 18.5. The first-order chi connectivity index (χ1) is 12.2. The van der Waals surface area contributed by atoms with Crippen LogP contribution in [0.5, 0.6) is 5.75 Å². The molecule has 2 aromatic rings. The molecule has 0 aliphatic carbocycles. The third-order valence-electron chi connectivity index (χ3n) is 2.71. The number of hydrogen-bond donors (Lipinski definition) is 3. The van der Waals surface area contributed by atoms with Crippen LogP contribution in [-0.2, 0) is 0 Å². The minimum absolute atomic E-state index is 0.00100. The number of nitriles is 1. The zero-order chi connectivity index (χ0) is 19.3. The van der Waals surface area contributed by atoms with Crippen LogP contribution in [-0.4, -0.2) is 33.4 Å². The minimum Gasteiger partial charge on any atom is -0.478 e. The molecule has 1 aromatic heterocycles. The number of carboxylic acids is 1. The molecule has 1 aromatic carbocycles. The molecule has 134 valence electrons. The lowest BCUT2D eigenvalue weighted by Gasteiger charge is -2.15. The van der Waals surface area contributed by atoms with Crippen molar-refractivity contribution in [1.82, 2.24) is 9.97 Å². The number of carboxylic acid groups (broad SMARTS) is 1. The summed E-state index contributed by atoms with van der Waals surface area (Å²) in [6.45, 7) is 0. The van der Waals surface area contributed by atoms with Crippen molar-refractivity contribution in [1.29, 1.82) is 5.26 Å². The van der Waals surface area contributed by atoms with E-state index in [9.17, 15) is 22.8 Å². The molecule has 9 nitrogen and oxygen atoms in total. The second-order valence-electron chi connectivity index (χ2n) is 4.54. The molecule has 0 aliphatic heterocycles. The molecule has 2 amide bonds. The third kappa shape index (κ3) is 5.06. The maximum atomic E-state index is 12.5. The predicted molar refractivity (Wildman–Crippen MR) is 79.5 cm³/mol. The van der Waals surface area contributed by atoms with E-state index in [1.54, 1.807) is 6.07 Å². The quantitative estimate of drug-likeness (QED) is 0.755. The Bertz CT molecular complexity index is 878. The molecule has 0 saturated heterocycles. The number of rotatable bonds is 4. The number of anilines is 2. The van der Waals surface area contributed by atoms with E-state index in [0.717, 1.165) is 24.5 Å². The van der Waals surface area contributed by atoms with E-state index >= 15 is 0 Å².